The first kappa shape index (κ1) is 14.1. The van der Waals surface area contributed by atoms with Crippen LogP contribution in [0.4, 0.5) is 0 Å². The van der Waals surface area contributed by atoms with Gasteiger partial charge in [-0.05, 0) is 19.4 Å². The molecule has 2 atom stereocenters. The molecular formula is C16H21N3O2. The fraction of sp³-hybridized carbons (Fsp3) is 0.500. The monoisotopic (exact) mass is 287 g/mol. The molecule has 0 radical (unpaired) electrons. The van der Waals surface area contributed by atoms with Crippen LogP contribution in [0.2, 0.25) is 0 Å². The lowest BCUT2D eigenvalue weighted by molar-refractivity contribution is -0.152. The largest absolute Gasteiger partial charge is 0.343 e. The number of carbonyl (C=O) groups excluding carboxylic acids is 2. The van der Waals surface area contributed by atoms with Crippen LogP contribution < -0.4 is 5.32 Å². The molecule has 0 aliphatic carbocycles. The number of carbonyl (C=O) groups is 2. The molecule has 2 aliphatic heterocycles. The van der Waals surface area contributed by atoms with E-state index in [2.05, 4.69) is 41.4 Å². The Labute approximate surface area is 124 Å². The molecule has 112 valence electrons. The number of rotatable bonds is 2. The highest BCUT2D eigenvalue weighted by atomic mass is 16.2. The Kier molecular flexibility index (Phi) is 3.68. The van der Waals surface area contributed by atoms with Crippen LogP contribution >= 0.6 is 0 Å². The van der Waals surface area contributed by atoms with Crippen LogP contribution in [-0.2, 0) is 16.1 Å². The molecule has 3 rings (SSSR count). The normalized spacial score (nSPS) is 26.5. The fourth-order valence-electron chi connectivity index (χ4n) is 3.04. The molecule has 5 nitrogen and oxygen atoms in total. The predicted molar refractivity (Wildman–Crippen MR) is 79.6 cm³/mol. The molecule has 1 aromatic carbocycles. The Balaban J connectivity index is 1.68. The lowest BCUT2D eigenvalue weighted by atomic mass is 10.0. The van der Waals surface area contributed by atoms with Crippen LogP contribution in [0.1, 0.15) is 18.1 Å². The number of aryl methyl sites for hydroxylation is 1. The maximum absolute atomic E-state index is 12.1. The van der Waals surface area contributed by atoms with Crippen LogP contribution in [0.25, 0.3) is 0 Å². The average Bonchev–Trinajstić information content (AvgIpc) is 2.47. The Morgan fingerprint density at radius 3 is 2.62 bits per heavy atom. The maximum atomic E-state index is 12.1. The third-order valence-electron chi connectivity index (χ3n) is 4.31. The SMILES string of the molecule is Cc1ccc(CN2CCN3C(=O)[C@@H](C)NC(=O)[C@H]3C2)cc1. The van der Waals surface area contributed by atoms with Crippen molar-refractivity contribution in [1.29, 1.82) is 0 Å². The van der Waals surface area contributed by atoms with Gasteiger partial charge in [0.25, 0.3) is 0 Å². The van der Waals surface area contributed by atoms with Crippen LogP contribution in [-0.4, -0.2) is 53.3 Å². The van der Waals surface area contributed by atoms with Crippen LogP contribution in [0.3, 0.4) is 0 Å². The van der Waals surface area contributed by atoms with Crippen LogP contribution in [0.5, 0.6) is 0 Å². The van der Waals surface area contributed by atoms with Gasteiger partial charge in [-0.1, -0.05) is 29.8 Å². The fourth-order valence-corrected chi connectivity index (χ4v) is 3.04. The van der Waals surface area contributed by atoms with Crippen molar-refractivity contribution in [2.45, 2.75) is 32.5 Å². The molecule has 2 fully saturated rings. The molecule has 2 amide bonds. The number of nitrogens with zero attached hydrogens (tertiary/aromatic N) is 2. The van der Waals surface area contributed by atoms with E-state index in [0.717, 1.165) is 13.1 Å². The second-order valence-corrected chi connectivity index (χ2v) is 6.00. The van der Waals surface area contributed by atoms with Gasteiger partial charge in [-0.25, -0.2) is 0 Å². The Hall–Kier alpha value is -1.88. The van der Waals surface area contributed by atoms with E-state index in [0.29, 0.717) is 13.1 Å². The maximum Gasteiger partial charge on any atom is 0.245 e. The summed E-state index contributed by atoms with van der Waals surface area (Å²) in [6.45, 7) is 6.69. The second-order valence-electron chi connectivity index (χ2n) is 6.00. The Morgan fingerprint density at radius 1 is 1.19 bits per heavy atom. The number of hydrogen-bond donors (Lipinski definition) is 1. The minimum absolute atomic E-state index is 0.0318. The van der Waals surface area contributed by atoms with Gasteiger partial charge in [-0.2, -0.15) is 0 Å². The molecule has 21 heavy (non-hydrogen) atoms. The topological polar surface area (TPSA) is 52.6 Å². The molecule has 2 heterocycles. The van der Waals surface area contributed by atoms with E-state index in [1.807, 2.05) is 0 Å². The molecule has 0 aromatic heterocycles. The van der Waals surface area contributed by atoms with E-state index in [1.54, 1.807) is 11.8 Å². The summed E-state index contributed by atoms with van der Waals surface area (Å²) in [7, 11) is 0. The van der Waals surface area contributed by atoms with Crippen LogP contribution in [0.15, 0.2) is 24.3 Å². The summed E-state index contributed by atoms with van der Waals surface area (Å²) in [6, 6.07) is 7.71. The van der Waals surface area contributed by atoms with Gasteiger partial charge in [0.1, 0.15) is 12.1 Å². The third kappa shape index (κ3) is 2.78. The van der Waals surface area contributed by atoms with Crippen molar-refractivity contribution in [3.63, 3.8) is 0 Å². The number of fused-ring (bicyclic) bond motifs is 1. The Bertz CT molecular complexity index is 555. The summed E-state index contributed by atoms with van der Waals surface area (Å²) >= 11 is 0. The van der Waals surface area contributed by atoms with Crippen molar-refractivity contribution >= 4 is 11.8 Å². The van der Waals surface area contributed by atoms with Crippen molar-refractivity contribution in [3.05, 3.63) is 35.4 Å². The van der Waals surface area contributed by atoms with E-state index < -0.39 is 6.04 Å². The second kappa shape index (κ2) is 5.48. The number of piperazine rings is 2. The number of nitrogens with one attached hydrogen (secondary N) is 1. The molecule has 5 heteroatoms. The smallest absolute Gasteiger partial charge is 0.245 e. The van der Waals surface area contributed by atoms with Crippen molar-refractivity contribution in [3.8, 4) is 0 Å². The summed E-state index contributed by atoms with van der Waals surface area (Å²) in [5.74, 6) is 0.00490. The van der Waals surface area contributed by atoms with Gasteiger partial charge in [0, 0.05) is 26.2 Å². The average molecular weight is 287 g/mol. The van der Waals surface area contributed by atoms with Gasteiger partial charge in [0.15, 0.2) is 0 Å². The molecule has 2 aliphatic rings. The highest BCUT2D eigenvalue weighted by molar-refractivity contribution is 5.97. The summed E-state index contributed by atoms with van der Waals surface area (Å²) < 4.78 is 0. The number of amides is 2. The first-order valence-electron chi connectivity index (χ1n) is 7.43. The molecule has 0 unspecified atom stereocenters. The van der Waals surface area contributed by atoms with Crippen molar-refractivity contribution in [2.75, 3.05) is 19.6 Å². The quantitative estimate of drug-likeness (QED) is 0.863. The molecule has 0 saturated carbocycles. The molecule has 2 saturated heterocycles. The van der Waals surface area contributed by atoms with Gasteiger partial charge >= 0.3 is 0 Å². The van der Waals surface area contributed by atoms with E-state index in [1.165, 1.54) is 11.1 Å². The van der Waals surface area contributed by atoms with E-state index in [4.69, 9.17) is 0 Å². The first-order chi connectivity index (χ1) is 10.0. The predicted octanol–water partition coefficient (Wildman–Crippen LogP) is 0.526. The van der Waals surface area contributed by atoms with Gasteiger partial charge < -0.3 is 10.2 Å². The lowest BCUT2D eigenvalue weighted by Crippen LogP contribution is -2.68. The molecule has 1 N–H and O–H groups in total. The van der Waals surface area contributed by atoms with Gasteiger partial charge in [0.05, 0.1) is 0 Å². The molecule has 0 spiro atoms. The molecular weight excluding hydrogens is 266 g/mol. The zero-order chi connectivity index (χ0) is 15.0. The third-order valence-corrected chi connectivity index (χ3v) is 4.31. The minimum Gasteiger partial charge on any atom is -0.343 e. The molecule has 0 bridgehead atoms. The van der Waals surface area contributed by atoms with E-state index >= 15 is 0 Å². The highest BCUT2D eigenvalue weighted by Gasteiger charge is 2.41. The van der Waals surface area contributed by atoms with Crippen molar-refractivity contribution in [2.24, 2.45) is 0 Å². The van der Waals surface area contributed by atoms with Gasteiger partial charge in [0.2, 0.25) is 11.8 Å². The minimum atomic E-state index is -0.391. The lowest BCUT2D eigenvalue weighted by Gasteiger charge is -2.44. The van der Waals surface area contributed by atoms with E-state index in [-0.39, 0.29) is 17.9 Å². The Morgan fingerprint density at radius 2 is 1.90 bits per heavy atom. The first-order valence-corrected chi connectivity index (χ1v) is 7.43. The standard InChI is InChI=1S/C16H21N3O2/c1-11-3-5-13(6-4-11)9-18-7-8-19-14(10-18)15(20)17-12(2)16(19)21/h3-6,12,14H,7-10H2,1-2H3,(H,17,20)/t12-,14-/m1/s1. The van der Waals surface area contributed by atoms with E-state index in [9.17, 15) is 9.59 Å². The summed E-state index contributed by atoms with van der Waals surface area (Å²) in [5.41, 5.74) is 2.49. The number of hydrogen-bond acceptors (Lipinski definition) is 3. The molecule has 1 aromatic rings. The zero-order valence-corrected chi connectivity index (χ0v) is 12.5. The van der Waals surface area contributed by atoms with Crippen molar-refractivity contribution in [1.82, 2.24) is 15.1 Å². The van der Waals surface area contributed by atoms with Crippen molar-refractivity contribution < 1.29 is 9.59 Å². The van der Waals surface area contributed by atoms with Gasteiger partial charge in [-0.3, -0.25) is 14.5 Å². The summed E-state index contributed by atoms with van der Waals surface area (Å²) in [4.78, 5) is 28.2. The summed E-state index contributed by atoms with van der Waals surface area (Å²) in [6.07, 6.45) is 0. The van der Waals surface area contributed by atoms with Crippen LogP contribution in [0, 0.1) is 6.92 Å². The van der Waals surface area contributed by atoms with Gasteiger partial charge in [-0.15, -0.1) is 0 Å². The zero-order valence-electron chi connectivity index (χ0n) is 12.5. The highest BCUT2D eigenvalue weighted by Crippen LogP contribution is 2.18. The summed E-state index contributed by atoms with van der Waals surface area (Å²) in [5, 5.41) is 2.76. The number of benzene rings is 1.